The van der Waals surface area contributed by atoms with Crippen LogP contribution in [0.5, 0.6) is 0 Å². The van der Waals surface area contributed by atoms with Gasteiger partial charge in [-0.05, 0) is 6.42 Å². The Bertz CT molecular complexity index is 610. The molecule has 0 bridgehead atoms. The van der Waals surface area contributed by atoms with Gasteiger partial charge in [0.2, 0.25) is 5.95 Å². The van der Waals surface area contributed by atoms with E-state index >= 15 is 0 Å². The number of imidazole rings is 1. The molecule has 0 spiro atoms. The highest BCUT2D eigenvalue weighted by molar-refractivity contribution is 5.39. The molecule has 0 unspecified atom stereocenters. The van der Waals surface area contributed by atoms with Crippen LogP contribution in [0.25, 0.3) is 0 Å². The first-order valence-electron chi connectivity index (χ1n) is 6.32. The van der Waals surface area contributed by atoms with Crippen LogP contribution in [0.15, 0.2) is 18.6 Å². The molecule has 2 aromatic heterocycles. The number of nitrogens with zero attached hydrogens (tertiary/aromatic N) is 5. The Labute approximate surface area is 116 Å². The third kappa shape index (κ3) is 3.08. The number of hydrogen-bond acceptors (Lipinski definition) is 6. The molecular formula is C12H16N6O2. The fourth-order valence-corrected chi connectivity index (χ4v) is 1.73. The summed E-state index contributed by atoms with van der Waals surface area (Å²) in [5.41, 5.74) is 0.271. The van der Waals surface area contributed by atoms with Crippen LogP contribution in [0.2, 0.25) is 0 Å². The number of nitro groups is 1. The predicted molar refractivity (Wildman–Crippen MR) is 73.5 cm³/mol. The summed E-state index contributed by atoms with van der Waals surface area (Å²) in [4.78, 5) is 22.9. The Hall–Kier alpha value is -2.51. The number of aryl methyl sites for hydroxylation is 1. The zero-order chi connectivity index (χ0) is 14.5. The average Bonchev–Trinajstić information content (AvgIpc) is 2.82. The zero-order valence-corrected chi connectivity index (χ0v) is 11.4. The molecule has 2 heterocycles. The quantitative estimate of drug-likeness (QED) is 0.634. The molecule has 0 saturated heterocycles. The maximum atomic E-state index is 11.0. The lowest BCUT2D eigenvalue weighted by atomic mass is 10.2. The highest BCUT2D eigenvalue weighted by atomic mass is 16.6. The van der Waals surface area contributed by atoms with E-state index in [1.54, 1.807) is 12.4 Å². The number of nitrogens with one attached hydrogen (secondary N) is 1. The minimum Gasteiger partial charge on any atom is -0.354 e. The van der Waals surface area contributed by atoms with Crippen molar-refractivity contribution in [2.75, 3.05) is 11.9 Å². The van der Waals surface area contributed by atoms with E-state index in [9.17, 15) is 10.1 Å². The molecule has 0 fully saturated rings. The Morgan fingerprint density at radius 1 is 1.45 bits per heavy atom. The monoisotopic (exact) mass is 276 g/mol. The van der Waals surface area contributed by atoms with E-state index in [-0.39, 0.29) is 5.69 Å². The van der Waals surface area contributed by atoms with Crippen LogP contribution in [0.3, 0.4) is 0 Å². The number of hydrogen-bond donors (Lipinski definition) is 1. The summed E-state index contributed by atoms with van der Waals surface area (Å²) >= 11 is 0. The molecule has 0 aliphatic carbocycles. The molecule has 8 heteroatoms. The lowest BCUT2D eigenvalue weighted by molar-refractivity contribution is -0.386. The number of anilines is 1. The van der Waals surface area contributed by atoms with Crippen molar-refractivity contribution in [3.05, 3.63) is 40.2 Å². The molecule has 0 amide bonds. The number of rotatable bonds is 6. The van der Waals surface area contributed by atoms with Crippen molar-refractivity contribution < 1.29 is 4.92 Å². The van der Waals surface area contributed by atoms with Gasteiger partial charge in [-0.25, -0.2) is 15.0 Å². The predicted octanol–water partition coefficient (Wildman–Crippen LogP) is 1.53. The van der Waals surface area contributed by atoms with Crippen LogP contribution >= 0.6 is 0 Å². The van der Waals surface area contributed by atoms with Crippen molar-refractivity contribution >= 4 is 11.6 Å². The Kier molecular flexibility index (Phi) is 4.24. The van der Waals surface area contributed by atoms with Crippen LogP contribution in [-0.4, -0.2) is 31.0 Å². The molecule has 2 aromatic rings. The van der Waals surface area contributed by atoms with Gasteiger partial charge in [-0.1, -0.05) is 6.92 Å². The summed E-state index contributed by atoms with van der Waals surface area (Å²) in [5, 5.41) is 14.1. The lowest BCUT2D eigenvalue weighted by Gasteiger charge is -2.06. The first-order valence-corrected chi connectivity index (χ1v) is 6.32. The SMILES string of the molecule is CCCNc1ncc([N+](=O)[O-])c(Cc2nccn2C)n1. The molecule has 8 nitrogen and oxygen atoms in total. The van der Waals surface area contributed by atoms with E-state index < -0.39 is 4.92 Å². The van der Waals surface area contributed by atoms with Gasteiger partial charge in [0.15, 0.2) is 0 Å². The van der Waals surface area contributed by atoms with E-state index in [4.69, 9.17) is 0 Å². The van der Waals surface area contributed by atoms with Crippen molar-refractivity contribution in [2.45, 2.75) is 19.8 Å². The van der Waals surface area contributed by atoms with Crippen LogP contribution in [0.4, 0.5) is 11.6 Å². The van der Waals surface area contributed by atoms with E-state index in [1.807, 2.05) is 18.5 Å². The van der Waals surface area contributed by atoms with Crippen molar-refractivity contribution in [1.82, 2.24) is 19.5 Å². The van der Waals surface area contributed by atoms with Gasteiger partial charge in [0, 0.05) is 26.0 Å². The maximum Gasteiger partial charge on any atom is 0.309 e. The Balaban J connectivity index is 2.31. The first-order chi connectivity index (χ1) is 9.61. The third-order valence-corrected chi connectivity index (χ3v) is 2.82. The van der Waals surface area contributed by atoms with Gasteiger partial charge >= 0.3 is 5.69 Å². The summed E-state index contributed by atoms with van der Waals surface area (Å²) in [7, 11) is 1.84. The molecule has 0 atom stereocenters. The highest BCUT2D eigenvalue weighted by Crippen LogP contribution is 2.19. The molecule has 0 aliphatic rings. The van der Waals surface area contributed by atoms with Gasteiger partial charge < -0.3 is 9.88 Å². The minimum atomic E-state index is -0.470. The fraction of sp³-hybridized carbons (Fsp3) is 0.417. The topological polar surface area (TPSA) is 98.8 Å². The summed E-state index contributed by atoms with van der Waals surface area (Å²) in [6.45, 7) is 2.74. The molecule has 20 heavy (non-hydrogen) atoms. The second kappa shape index (κ2) is 6.09. The standard InChI is InChI=1S/C12H16N6O2/c1-3-4-14-12-15-8-10(18(19)20)9(16-12)7-11-13-5-6-17(11)2/h5-6,8H,3-4,7H2,1-2H3,(H,14,15,16). The van der Waals surface area contributed by atoms with Crippen molar-refractivity contribution in [3.8, 4) is 0 Å². The van der Waals surface area contributed by atoms with Gasteiger partial charge in [-0.15, -0.1) is 0 Å². The lowest BCUT2D eigenvalue weighted by Crippen LogP contribution is -2.09. The molecule has 2 rings (SSSR count). The van der Waals surface area contributed by atoms with Gasteiger partial charge in [0.1, 0.15) is 17.7 Å². The normalized spacial score (nSPS) is 10.5. The maximum absolute atomic E-state index is 11.0. The fourth-order valence-electron chi connectivity index (χ4n) is 1.73. The van der Waals surface area contributed by atoms with Gasteiger partial charge in [0.25, 0.3) is 0 Å². The van der Waals surface area contributed by atoms with Crippen molar-refractivity contribution in [2.24, 2.45) is 7.05 Å². The van der Waals surface area contributed by atoms with Crippen LogP contribution in [-0.2, 0) is 13.5 Å². The van der Waals surface area contributed by atoms with E-state index in [0.717, 1.165) is 13.0 Å². The Morgan fingerprint density at radius 2 is 2.25 bits per heavy atom. The van der Waals surface area contributed by atoms with Gasteiger partial charge in [0.05, 0.1) is 11.3 Å². The van der Waals surface area contributed by atoms with Gasteiger partial charge in [-0.2, -0.15) is 0 Å². The number of aromatic nitrogens is 4. The van der Waals surface area contributed by atoms with Gasteiger partial charge in [-0.3, -0.25) is 10.1 Å². The molecular weight excluding hydrogens is 260 g/mol. The van der Waals surface area contributed by atoms with E-state index in [1.165, 1.54) is 6.20 Å². The van der Waals surface area contributed by atoms with Crippen LogP contribution in [0, 0.1) is 10.1 Å². The molecule has 106 valence electrons. The second-order valence-corrected chi connectivity index (χ2v) is 4.34. The summed E-state index contributed by atoms with van der Waals surface area (Å²) in [5.74, 6) is 1.12. The second-order valence-electron chi connectivity index (χ2n) is 4.34. The smallest absolute Gasteiger partial charge is 0.309 e. The Morgan fingerprint density at radius 3 is 2.85 bits per heavy atom. The first kappa shape index (κ1) is 13.9. The molecule has 0 aromatic carbocycles. The minimum absolute atomic E-state index is 0.0879. The molecule has 0 saturated carbocycles. The summed E-state index contributed by atoms with van der Waals surface area (Å²) < 4.78 is 1.81. The molecule has 1 N–H and O–H groups in total. The van der Waals surface area contributed by atoms with E-state index in [2.05, 4.69) is 20.3 Å². The third-order valence-electron chi connectivity index (χ3n) is 2.82. The summed E-state index contributed by atoms with van der Waals surface area (Å²) in [6.07, 6.45) is 5.90. The van der Waals surface area contributed by atoms with Crippen LogP contribution in [0.1, 0.15) is 24.9 Å². The molecule has 0 aliphatic heterocycles. The molecule has 0 radical (unpaired) electrons. The average molecular weight is 276 g/mol. The van der Waals surface area contributed by atoms with Crippen molar-refractivity contribution in [3.63, 3.8) is 0 Å². The highest BCUT2D eigenvalue weighted by Gasteiger charge is 2.18. The summed E-state index contributed by atoms with van der Waals surface area (Å²) in [6, 6.07) is 0. The largest absolute Gasteiger partial charge is 0.354 e. The van der Waals surface area contributed by atoms with E-state index in [0.29, 0.717) is 23.9 Å². The van der Waals surface area contributed by atoms with Crippen LogP contribution < -0.4 is 5.32 Å². The van der Waals surface area contributed by atoms with Crippen molar-refractivity contribution in [1.29, 1.82) is 0 Å². The zero-order valence-electron chi connectivity index (χ0n) is 11.4.